The maximum Gasteiger partial charge on any atom is 0.289 e. The van der Waals surface area contributed by atoms with E-state index in [1.165, 1.54) is 18.2 Å². The minimum Gasteiger partial charge on any atom is -0.258 e. The molecule has 6 heteroatoms. The van der Waals surface area contributed by atoms with Gasteiger partial charge in [0.1, 0.15) is 11.6 Å². The molecule has 0 heterocycles. The van der Waals surface area contributed by atoms with Crippen molar-refractivity contribution in [3.63, 3.8) is 0 Å². The van der Waals surface area contributed by atoms with Crippen LogP contribution >= 0.6 is 0 Å². The number of nitro benzene ring substituents is 1. The van der Waals surface area contributed by atoms with E-state index in [-0.39, 0.29) is 16.9 Å². The van der Waals surface area contributed by atoms with E-state index >= 15 is 0 Å². The topological polar surface area (TPSA) is 96.4 Å². The summed E-state index contributed by atoms with van der Waals surface area (Å²) in [5.74, 6) is 0. The zero-order valence-electron chi connectivity index (χ0n) is 6.80. The Bertz CT molecular complexity index is 469. The van der Waals surface area contributed by atoms with Crippen LogP contribution in [0.1, 0.15) is 5.56 Å². The largest absolute Gasteiger partial charge is 0.289 e. The van der Waals surface area contributed by atoms with Crippen LogP contribution in [0.2, 0.25) is 0 Å². The summed E-state index contributed by atoms with van der Waals surface area (Å²) in [6, 6.07) is 5.27. The van der Waals surface area contributed by atoms with Crippen molar-refractivity contribution < 1.29 is 9.72 Å². The van der Waals surface area contributed by atoms with Gasteiger partial charge in [-0.25, -0.2) is 4.79 Å². The van der Waals surface area contributed by atoms with E-state index in [1.807, 2.05) is 0 Å². The minimum absolute atomic E-state index is 0.0696. The summed E-state index contributed by atoms with van der Waals surface area (Å²) in [6.45, 7) is 0. The minimum atomic E-state index is -0.706. The first-order chi connectivity index (χ1) is 6.69. The van der Waals surface area contributed by atoms with Crippen LogP contribution in [0.4, 0.5) is 11.4 Å². The molecule has 0 spiro atoms. The summed E-state index contributed by atoms with van der Waals surface area (Å²) in [4.78, 5) is 22.8. The molecule has 0 aliphatic heterocycles. The third-order valence-electron chi connectivity index (χ3n) is 1.47. The highest BCUT2D eigenvalue weighted by molar-refractivity contribution is 5.59. The molecule has 0 atom stereocenters. The van der Waals surface area contributed by atoms with Gasteiger partial charge in [0, 0.05) is 6.07 Å². The van der Waals surface area contributed by atoms with Crippen LogP contribution < -0.4 is 0 Å². The second-order valence-electron chi connectivity index (χ2n) is 2.27. The second kappa shape index (κ2) is 3.94. The van der Waals surface area contributed by atoms with Crippen LogP contribution in [0.25, 0.3) is 0 Å². The first kappa shape index (κ1) is 9.58. The van der Waals surface area contributed by atoms with Crippen molar-refractivity contribution in [3.05, 3.63) is 33.9 Å². The molecule has 0 N–H and O–H groups in total. The molecule has 0 aromatic heterocycles. The number of carbonyl (C=O) groups excluding carboxylic acids is 1. The average Bonchev–Trinajstić information content (AvgIpc) is 2.18. The van der Waals surface area contributed by atoms with Crippen molar-refractivity contribution in [1.29, 1.82) is 5.26 Å². The number of rotatable bonds is 2. The number of benzene rings is 1. The lowest BCUT2D eigenvalue weighted by molar-refractivity contribution is -0.385. The zero-order chi connectivity index (χ0) is 10.6. The lowest BCUT2D eigenvalue weighted by Gasteiger charge is -1.94. The molecule has 0 radical (unpaired) electrons. The van der Waals surface area contributed by atoms with Crippen LogP contribution in [0.5, 0.6) is 0 Å². The van der Waals surface area contributed by atoms with Crippen molar-refractivity contribution in [2.75, 3.05) is 0 Å². The predicted molar refractivity (Wildman–Crippen MR) is 45.6 cm³/mol. The molecule has 0 unspecified atom stereocenters. The lowest BCUT2D eigenvalue weighted by atomic mass is 10.2. The van der Waals surface area contributed by atoms with E-state index in [1.54, 1.807) is 6.07 Å². The molecule has 0 fully saturated rings. The molecule has 0 aliphatic carbocycles. The Morgan fingerprint density at radius 1 is 1.50 bits per heavy atom. The van der Waals surface area contributed by atoms with E-state index in [0.717, 1.165) is 6.07 Å². The molecule has 14 heavy (non-hydrogen) atoms. The van der Waals surface area contributed by atoms with E-state index in [2.05, 4.69) is 4.99 Å². The van der Waals surface area contributed by atoms with Crippen LogP contribution in [0.15, 0.2) is 23.2 Å². The van der Waals surface area contributed by atoms with Crippen LogP contribution in [0, 0.1) is 21.4 Å². The monoisotopic (exact) mass is 189 g/mol. The van der Waals surface area contributed by atoms with Gasteiger partial charge in [-0.1, -0.05) is 0 Å². The molecule has 0 saturated heterocycles. The number of nitrogens with zero attached hydrogens (tertiary/aromatic N) is 3. The van der Waals surface area contributed by atoms with E-state index in [9.17, 15) is 14.9 Å². The van der Waals surface area contributed by atoms with Gasteiger partial charge < -0.3 is 0 Å². The van der Waals surface area contributed by atoms with Gasteiger partial charge in [-0.05, 0) is 12.1 Å². The second-order valence-corrected chi connectivity index (χ2v) is 2.27. The number of nitriles is 1. The first-order valence-corrected chi connectivity index (χ1v) is 3.45. The fourth-order valence-electron chi connectivity index (χ4n) is 0.888. The Morgan fingerprint density at radius 2 is 2.21 bits per heavy atom. The molecular weight excluding hydrogens is 186 g/mol. The molecule has 68 valence electrons. The zero-order valence-corrected chi connectivity index (χ0v) is 6.80. The molecule has 0 bridgehead atoms. The van der Waals surface area contributed by atoms with Gasteiger partial charge in [0.05, 0.1) is 10.6 Å². The molecular formula is C8H3N3O3. The van der Waals surface area contributed by atoms with Gasteiger partial charge in [0.2, 0.25) is 6.08 Å². The summed E-state index contributed by atoms with van der Waals surface area (Å²) in [5.41, 5.74) is -0.338. The first-order valence-electron chi connectivity index (χ1n) is 3.45. The number of hydrogen-bond donors (Lipinski definition) is 0. The highest BCUT2D eigenvalue weighted by atomic mass is 16.6. The molecule has 0 amide bonds. The van der Waals surface area contributed by atoms with Crippen molar-refractivity contribution in [2.24, 2.45) is 4.99 Å². The Kier molecular flexibility index (Phi) is 2.69. The highest BCUT2D eigenvalue weighted by Crippen LogP contribution is 2.23. The molecule has 0 saturated carbocycles. The summed E-state index contributed by atoms with van der Waals surface area (Å²) >= 11 is 0. The molecule has 0 aliphatic rings. The van der Waals surface area contributed by atoms with Gasteiger partial charge in [-0.15, -0.1) is 0 Å². The van der Waals surface area contributed by atoms with E-state index in [4.69, 9.17) is 5.26 Å². The average molecular weight is 189 g/mol. The van der Waals surface area contributed by atoms with Crippen LogP contribution in [-0.4, -0.2) is 11.0 Å². The normalized spacial score (nSPS) is 8.50. The molecule has 1 aromatic carbocycles. The van der Waals surface area contributed by atoms with Gasteiger partial charge >= 0.3 is 0 Å². The Labute approximate surface area is 78.3 Å². The van der Waals surface area contributed by atoms with Crippen molar-refractivity contribution >= 4 is 17.5 Å². The molecule has 1 aromatic rings. The van der Waals surface area contributed by atoms with Crippen molar-refractivity contribution in [1.82, 2.24) is 0 Å². The predicted octanol–water partition coefficient (Wildman–Crippen LogP) is 1.43. The Morgan fingerprint density at radius 3 is 2.71 bits per heavy atom. The van der Waals surface area contributed by atoms with Crippen molar-refractivity contribution in [2.45, 2.75) is 0 Å². The Balaban J connectivity index is 3.36. The lowest BCUT2D eigenvalue weighted by Crippen LogP contribution is -1.91. The quantitative estimate of drug-likeness (QED) is 0.304. The third-order valence-corrected chi connectivity index (χ3v) is 1.47. The third kappa shape index (κ3) is 1.80. The van der Waals surface area contributed by atoms with Gasteiger partial charge in [-0.3, -0.25) is 10.1 Å². The van der Waals surface area contributed by atoms with E-state index in [0.29, 0.717) is 0 Å². The maximum absolute atomic E-state index is 10.5. The van der Waals surface area contributed by atoms with Crippen LogP contribution in [0.3, 0.4) is 0 Å². The fourth-order valence-corrected chi connectivity index (χ4v) is 0.888. The maximum atomic E-state index is 10.5. The van der Waals surface area contributed by atoms with Gasteiger partial charge in [0.15, 0.2) is 0 Å². The standard InChI is InChI=1S/C8H3N3O3/c9-4-6-1-2-7(10-5-12)3-8(6)11(13)14/h1-3H. The fraction of sp³-hybridized carbons (Fsp3) is 0. The number of aliphatic imine (C=N–C) groups is 1. The van der Waals surface area contributed by atoms with Crippen LogP contribution in [-0.2, 0) is 4.79 Å². The summed E-state index contributed by atoms with van der Waals surface area (Å²) in [6.07, 6.45) is 1.26. The Hall–Kier alpha value is -2.51. The molecule has 6 nitrogen and oxygen atoms in total. The molecule has 1 rings (SSSR count). The summed E-state index contributed by atoms with van der Waals surface area (Å²) < 4.78 is 0. The highest BCUT2D eigenvalue weighted by Gasteiger charge is 2.13. The smallest absolute Gasteiger partial charge is 0.258 e. The SMILES string of the molecule is N#Cc1ccc(N=C=O)cc1[N+](=O)[O-]. The summed E-state index contributed by atoms with van der Waals surface area (Å²) in [7, 11) is 0. The van der Waals surface area contributed by atoms with Crippen molar-refractivity contribution in [3.8, 4) is 6.07 Å². The number of isocyanates is 1. The van der Waals surface area contributed by atoms with E-state index < -0.39 is 4.92 Å². The number of nitro groups is 1. The summed E-state index contributed by atoms with van der Waals surface area (Å²) in [5, 5.41) is 19.0. The van der Waals surface area contributed by atoms with Gasteiger partial charge in [-0.2, -0.15) is 10.3 Å². The van der Waals surface area contributed by atoms with Gasteiger partial charge in [0.25, 0.3) is 5.69 Å². The number of hydrogen-bond acceptors (Lipinski definition) is 5.